The molecule has 1 fully saturated rings. The number of piperidine rings is 1. The Morgan fingerprint density at radius 1 is 1.35 bits per heavy atom. The molecule has 2 aliphatic heterocycles. The minimum atomic E-state index is -0.451. The van der Waals surface area contributed by atoms with Crippen LogP contribution in [0.5, 0.6) is 0 Å². The number of hydrogen-bond acceptors (Lipinski definition) is 3. The van der Waals surface area contributed by atoms with Gasteiger partial charge in [-0.05, 0) is 40.0 Å². The Morgan fingerprint density at radius 2 is 2.00 bits per heavy atom. The first-order chi connectivity index (χ1) is 9.35. The molecular formula is C15H24N2O3. The molecular weight excluding hydrogens is 256 g/mol. The van der Waals surface area contributed by atoms with Crippen molar-refractivity contribution in [2.75, 3.05) is 13.1 Å². The number of likely N-dealkylation sites (tertiary alicyclic amines) is 1. The highest BCUT2D eigenvalue weighted by molar-refractivity contribution is 5.79. The lowest BCUT2D eigenvalue weighted by Crippen LogP contribution is -2.43. The van der Waals surface area contributed by atoms with Gasteiger partial charge in [0.1, 0.15) is 5.60 Å². The zero-order valence-electron chi connectivity index (χ0n) is 12.6. The lowest BCUT2D eigenvalue weighted by atomic mass is 9.91. The highest BCUT2D eigenvalue weighted by Gasteiger charge is 2.29. The molecule has 2 rings (SSSR count). The maximum absolute atomic E-state index is 12.0. The van der Waals surface area contributed by atoms with E-state index in [1.807, 2.05) is 20.8 Å². The summed E-state index contributed by atoms with van der Waals surface area (Å²) in [4.78, 5) is 25.1. The summed E-state index contributed by atoms with van der Waals surface area (Å²) in [6, 6.07) is 0. The quantitative estimate of drug-likeness (QED) is 0.802. The number of rotatable bonds is 1. The molecule has 5 heteroatoms. The van der Waals surface area contributed by atoms with Crippen LogP contribution in [-0.4, -0.2) is 35.6 Å². The standard InChI is InChI=1S/C15H24N2O3/c1-15(2,3)20-14(19)17-9-7-11(8-10-17)12-5-4-6-13(18)16-12/h5,11H,4,6-10H2,1-3H3,(H,16,18). The first-order valence-corrected chi connectivity index (χ1v) is 7.33. The van der Waals surface area contributed by atoms with Gasteiger partial charge in [0.05, 0.1) is 0 Å². The van der Waals surface area contributed by atoms with Crippen molar-refractivity contribution < 1.29 is 14.3 Å². The molecule has 0 aromatic carbocycles. The summed E-state index contributed by atoms with van der Waals surface area (Å²) in [6.07, 6.45) is 5.05. The van der Waals surface area contributed by atoms with E-state index in [4.69, 9.17) is 4.74 Å². The minimum absolute atomic E-state index is 0.108. The van der Waals surface area contributed by atoms with Crippen LogP contribution in [0.1, 0.15) is 46.5 Å². The molecule has 2 heterocycles. The summed E-state index contributed by atoms with van der Waals surface area (Å²) >= 11 is 0. The van der Waals surface area contributed by atoms with Crippen LogP contribution in [0.4, 0.5) is 4.79 Å². The highest BCUT2D eigenvalue weighted by Crippen LogP contribution is 2.26. The Hall–Kier alpha value is -1.52. The fourth-order valence-corrected chi connectivity index (χ4v) is 2.60. The maximum atomic E-state index is 12.0. The normalized spacial score (nSPS) is 21.2. The third-order valence-corrected chi connectivity index (χ3v) is 3.61. The number of nitrogens with one attached hydrogen (secondary N) is 1. The van der Waals surface area contributed by atoms with E-state index < -0.39 is 5.60 Å². The SMILES string of the molecule is CC(C)(C)OC(=O)N1CCC(C2=CCCC(=O)N2)CC1. The van der Waals surface area contributed by atoms with E-state index in [0.717, 1.165) is 25.0 Å². The molecule has 0 bridgehead atoms. The topological polar surface area (TPSA) is 58.6 Å². The summed E-state index contributed by atoms with van der Waals surface area (Å²) in [7, 11) is 0. The maximum Gasteiger partial charge on any atom is 0.410 e. The van der Waals surface area contributed by atoms with Crippen molar-refractivity contribution in [3.63, 3.8) is 0 Å². The summed E-state index contributed by atoms with van der Waals surface area (Å²) < 4.78 is 5.38. The number of carbonyl (C=O) groups excluding carboxylic acids is 2. The van der Waals surface area contributed by atoms with Gasteiger partial charge in [-0.1, -0.05) is 6.08 Å². The van der Waals surface area contributed by atoms with Gasteiger partial charge in [0.2, 0.25) is 5.91 Å². The summed E-state index contributed by atoms with van der Waals surface area (Å²) in [5, 5.41) is 2.96. The Kier molecular flexibility index (Phi) is 4.35. The average molecular weight is 280 g/mol. The number of nitrogens with zero attached hydrogens (tertiary/aromatic N) is 1. The number of ether oxygens (including phenoxy) is 1. The second kappa shape index (κ2) is 5.85. The summed E-state index contributed by atoms with van der Waals surface area (Å²) in [5.41, 5.74) is 0.596. The Morgan fingerprint density at radius 3 is 2.55 bits per heavy atom. The van der Waals surface area contributed by atoms with Gasteiger partial charge in [-0.2, -0.15) is 0 Å². The van der Waals surface area contributed by atoms with E-state index >= 15 is 0 Å². The van der Waals surface area contributed by atoms with Crippen LogP contribution in [0.15, 0.2) is 11.8 Å². The van der Waals surface area contributed by atoms with Gasteiger partial charge in [-0.15, -0.1) is 0 Å². The van der Waals surface area contributed by atoms with Crippen molar-refractivity contribution in [2.45, 2.75) is 52.1 Å². The molecule has 20 heavy (non-hydrogen) atoms. The summed E-state index contributed by atoms with van der Waals surface area (Å²) in [5.74, 6) is 0.468. The van der Waals surface area contributed by atoms with E-state index in [2.05, 4.69) is 11.4 Å². The van der Waals surface area contributed by atoms with Crippen molar-refractivity contribution in [3.05, 3.63) is 11.8 Å². The number of hydrogen-bond donors (Lipinski definition) is 1. The Labute approximate surface area is 120 Å². The van der Waals surface area contributed by atoms with Crippen LogP contribution < -0.4 is 5.32 Å². The molecule has 0 atom stereocenters. The highest BCUT2D eigenvalue weighted by atomic mass is 16.6. The van der Waals surface area contributed by atoms with Gasteiger partial charge in [-0.25, -0.2) is 4.79 Å². The van der Waals surface area contributed by atoms with Crippen LogP contribution >= 0.6 is 0 Å². The van der Waals surface area contributed by atoms with Crippen LogP contribution in [0.25, 0.3) is 0 Å². The lowest BCUT2D eigenvalue weighted by Gasteiger charge is -2.35. The molecule has 0 saturated carbocycles. The zero-order valence-corrected chi connectivity index (χ0v) is 12.6. The number of carbonyl (C=O) groups is 2. The monoisotopic (exact) mass is 280 g/mol. The molecule has 0 unspecified atom stereocenters. The fourth-order valence-electron chi connectivity index (χ4n) is 2.60. The van der Waals surface area contributed by atoms with Gasteiger partial charge >= 0.3 is 6.09 Å². The van der Waals surface area contributed by atoms with Crippen LogP contribution in [0.3, 0.4) is 0 Å². The van der Waals surface area contributed by atoms with E-state index in [9.17, 15) is 9.59 Å². The molecule has 1 N–H and O–H groups in total. The average Bonchev–Trinajstić information content (AvgIpc) is 2.37. The largest absolute Gasteiger partial charge is 0.444 e. The molecule has 5 nitrogen and oxygen atoms in total. The van der Waals surface area contributed by atoms with Crippen LogP contribution in [0.2, 0.25) is 0 Å². The molecule has 2 aliphatic rings. The van der Waals surface area contributed by atoms with E-state index in [1.54, 1.807) is 4.90 Å². The van der Waals surface area contributed by atoms with E-state index in [0.29, 0.717) is 25.4 Å². The van der Waals surface area contributed by atoms with Crippen LogP contribution in [0, 0.1) is 5.92 Å². The molecule has 1 saturated heterocycles. The van der Waals surface area contributed by atoms with E-state index in [1.165, 1.54) is 0 Å². The lowest BCUT2D eigenvalue weighted by molar-refractivity contribution is -0.120. The second-order valence-electron chi connectivity index (χ2n) is 6.49. The number of allylic oxidation sites excluding steroid dienone is 2. The van der Waals surface area contributed by atoms with Crippen molar-refractivity contribution in [3.8, 4) is 0 Å². The smallest absolute Gasteiger partial charge is 0.410 e. The molecule has 0 radical (unpaired) electrons. The second-order valence-corrected chi connectivity index (χ2v) is 6.49. The fraction of sp³-hybridized carbons (Fsp3) is 0.733. The van der Waals surface area contributed by atoms with Gasteiger partial charge in [0.15, 0.2) is 0 Å². The van der Waals surface area contributed by atoms with Crippen LogP contribution in [-0.2, 0) is 9.53 Å². The molecule has 0 spiro atoms. The molecule has 0 aliphatic carbocycles. The first-order valence-electron chi connectivity index (χ1n) is 7.33. The molecule has 2 amide bonds. The van der Waals surface area contributed by atoms with Gasteiger partial charge in [-0.3, -0.25) is 4.79 Å². The molecule has 112 valence electrons. The van der Waals surface area contributed by atoms with Gasteiger partial charge in [0.25, 0.3) is 0 Å². The summed E-state index contributed by atoms with van der Waals surface area (Å²) in [6.45, 7) is 7.00. The third-order valence-electron chi connectivity index (χ3n) is 3.61. The van der Waals surface area contributed by atoms with Crippen molar-refractivity contribution in [2.24, 2.45) is 5.92 Å². The van der Waals surface area contributed by atoms with Gasteiger partial charge in [0, 0.05) is 31.1 Å². The molecule has 0 aromatic rings. The van der Waals surface area contributed by atoms with Gasteiger partial charge < -0.3 is 15.0 Å². The minimum Gasteiger partial charge on any atom is -0.444 e. The van der Waals surface area contributed by atoms with Crippen molar-refractivity contribution >= 4 is 12.0 Å². The Balaban J connectivity index is 1.85. The number of amides is 2. The third kappa shape index (κ3) is 3.99. The zero-order chi connectivity index (χ0) is 14.8. The van der Waals surface area contributed by atoms with Crippen molar-refractivity contribution in [1.82, 2.24) is 10.2 Å². The predicted octanol–water partition coefficient (Wildman–Crippen LogP) is 2.43. The first kappa shape index (κ1) is 14.9. The Bertz CT molecular complexity index is 415. The van der Waals surface area contributed by atoms with Crippen molar-refractivity contribution in [1.29, 1.82) is 0 Å². The van der Waals surface area contributed by atoms with E-state index in [-0.39, 0.29) is 12.0 Å². The predicted molar refractivity (Wildman–Crippen MR) is 76.0 cm³/mol. The molecule has 0 aromatic heterocycles.